The van der Waals surface area contributed by atoms with E-state index < -0.39 is 0 Å². The van der Waals surface area contributed by atoms with Crippen molar-refractivity contribution in [3.8, 4) is 0 Å². The Bertz CT molecular complexity index is 263. The van der Waals surface area contributed by atoms with Crippen LogP contribution in [0.4, 0.5) is 0 Å². The van der Waals surface area contributed by atoms with E-state index in [-0.39, 0.29) is 12.4 Å². The van der Waals surface area contributed by atoms with E-state index in [1.165, 1.54) is 18.7 Å². The van der Waals surface area contributed by atoms with Crippen LogP contribution in [-0.2, 0) is 0 Å². The maximum Gasteiger partial charge on any atom is 0.0967 e. The van der Waals surface area contributed by atoms with Crippen molar-refractivity contribution in [3.05, 3.63) is 35.9 Å². The maximum atomic E-state index is 3.54. The van der Waals surface area contributed by atoms with E-state index in [0.717, 1.165) is 6.54 Å². The molecule has 2 nitrogen and oxygen atoms in total. The van der Waals surface area contributed by atoms with E-state index in [1.54, 1.807) is 4.90 Å². The van der Waals surface area contributed by atoms with E-state index in [4.69, 9.17) is 0 Å². The predicted molar refractivity (Wildman–Crippen MR) is 53.8 cm³/mol. The SMILES string of the molecule is C[NH+]1CCNC(c2ccccc2)C1.[Cl-]. The summed E-state index contributed by atoms with van der Waals surface area (Å²) < 4.78 is 0. The molecule has 1 aromatic rings. The Balaban J connectivity index is 0.000000980. The Kier molecular flexibility index (Phi) is 4.39. The Morgan fingerprint density at radius 3 is 2.64 bits per heavy atom. The second-order valence-corrected chi connectivity index (χ2v) is 3.83. The third-order valence-corrected chi connectivity index (χ3v) is 2.70. The number of hydrogen-bond acceptors (Lipinski definition) is 1. The highest BCUT2D eigenvalue weighted by Gasteiger charge is 2.20. The van der Waals surface area contributed by atoms with Crippen LogP contribution in [0.15, 0.2) is 30.3 Å². The van der Waals surface area contributed by atoms with E-state index in [9.17, 15) is 0 Å². The van der Waals surface area contributed by atoms with Crippen molar-refractivity contribution in [1.82, 2.24) is 5.32 Å². The van der Waals surface area contributed by atoms with Gasteiger partial charge in [-0.25, -0.2) is 0 Å². The molecular weight excluding hydrogens is 196 g/mol. The number of rotatable bonds is 1. The van der Waals surface area contributed by atoms with Gasteiger partial charge in [0, 0.05) is 6.54 Å². The molecule has 1 heterocycles. The van der Waals surface area contributed by atoms with Gasteiger partial charge in [-0.3, -0.25) is 5.32 Å². The second kappa shape index (κ2) is 5.35. The van der Waals surface area contributed by atoms with Crippen LogP contribution in [-0.4, -0.2) is 26.7 Å². The quantitative estimate of drug-likeness (QED) is 0.503. The Hall–Kier alpha value is -0.570. The van der Waals surface area contributed by atoms with E-state index >= 15 is 0 Å². The summed E-state index contributed by atoms with van der Waals surface area (Å²) in [5.74, 6) is 0. The minimum Gasteiger partial charge on any atom is -1.00 e. The Morgan fingerprint density at radius 2 is 2.00 bits per heavy atom. The molecular formula is C11H17ClN2. The summed E-state index contributed by atoms with van der Waals surface area (Å²) in [5, 5.41) is 3.54. The summed E-state index contributed by atoms with van der Waals surface area (Å²) in [6.07, 6.45) is 0. The highest BCUT2D eigenvalue weighted by Crippen LogP contribution is 2.10. The molecule has 14 heavy (non-hydrogen) atoms. The third-order valence-electron chi connectivity index (χ3n) is 2.70. The molecule has 2 rings (SSSR count). The van der Waals surface area contributed by atoms with Crippen molar-refractivity contribution in [2.24, 2.45) is 0 Å². The van der Waals surface area contributed by atoms with Crippen LogP contribution in [0.3, 0.4) is 0 Å². The molecule has 0 aliphatic carbocycles. The number of quaternary nitrogens is 1. The van der Waals surface area contributed by atoms with Gasteiger partial charge in [0.1, 0.15) is 0 Å². The van der Waals surface area contributed by atoms with Crippen LogP contribution in [0.2, 0.25) is 0 Å². The lowest BCUT2D eigenvalue weighted by Gasteiger charge is -2.28. The van der Waals surface area contributed by atoms with Gasteiger partial charge in [0.25, 0.3) is 0 Å². The fraction of sp³-hybridized carbons (Fsp3) is 0.455. The molecule has 3 heteroatoms. The van der Waals surface area contributed by atoms with Gasteiger partial charge in [0.2, 0.25) is 0 Å². The number of likely N-dealkylation sites (N-methyl/N-ethyl adjacent to an activating group) is 1. The molecule has 78 valence electrons. The van der Waals surface area contributed by atoms with E-state index in [0.29, 0.717) is 6.04 Å². The van der Waals surface area contributed by atoms with Crippen molar-refractivity contribution < 1.29 is 17.3 Å². The van der Waals surface area contributed by atoms with Crippen molar-refractivity contribution in [1.29, 1.82) is 0 Å². The minimum absolute atomic E-state index is 0. The molecule has 2 atom stereocenters. The first-order valence-electron chi connectivity index (χ1n) is 4.96. The first-order valence-corrected chi connectivity index (χ1v) is 4.96. The summed E-state index contributed by atoms with van der Waals surface area (Å²) in [4.78, 5) is 1.62. The zero-order valence-corrected chi connectivity index (χ0v) is 9.22. The molecule has 1 fully saturated rings. The normalized spacial score (nSPS) is 26.6. The Labute approximate surface area is 91.7 Å². The average Bonchev–Trinajstić information content (AvgIpc) is 2.19. The smallest absolute Gasteiger partial charge is 0.0967 e. The summed E-state index contributed by atoms with van der Waals surface area (Å²) in [6.45, 7) is 3.57. The summed E-state index contributed by atoms with van der Waals surface area (Å²) in [7, 11) is 2.26. The molecule has 0 amide bonds. The second-order valence-electron chi connectivity index (χ2n) is 3.83. The fourth-order valence-electron chi connectivity index (χ4n) is 1.90. The van der Waals surface area contributed by atoms with Crippen LogP contribution in [0.25, 0.3) is 0 Å². The van der Waals surface area contributed by atoms with Crippen LogP contribution in [0, 0.1) is 0 Å². The zero-order chi connectivity index (χ0) is 9.10. The number of nitrogens with one attached hydrogen (secondary N) is 2. The van der Waals surface area contributed by atoms with Crippen molar-refractivity contribution in [2.45, 2.75) is 6.04 Å². The zero-order valence-electron chi connectivity index (χ0n) is 8.46. The molecule has 1 aliphatic heterocycles. The van der Waals surface area contributed by atoms with Crippen LogP contribution in [0.5, 0.6) is 0 Å². The first kappa shape index (κ1) is 11.5. The molecule has 0 radical (unpaired) electrons. The van der Waals surface area contributed by atoms with Gasteiger partial charge in [-0.1, -0.05) is 30.3 Å². The third kappa shape index (κ3) is 2.71. The number of benzene rings is 1. The predicted octanol–water partition coefficient (Wildman–Crippen LogP) is -3.15. The van der Waals surface area contributed by atoms with Gasteiger partial charge in [-0.2, -0.15) is 0 Å². The van der Waals surface area contributed by atoms with Crippen LogP contribution in [0.1, 0.15) is 11.6 Å². The van der Waals surface area contributed by atoms with Gasteiger partial charge in [-0.15, -0.1) is 0 Å². The molecule has 2 unspecified atom stereocenters. The van der Waals surface area contributed by atoms with Crippen molar-refractivity contribution in [2.75, 3.05) is 26.7 Å². The van der Waals surface area contributed by atoms with Gasteiger partial charge in [-0.05, 0) is 5.56 Å². The highest BCUT2D eigenvalue weighted by molar-refractivity contribution is 5.18. The summed E-state index contributed by atoms with van der Waals surface area (Å²) >= 11 is 0. The first-order chi connectivity index (χ1) is 6.36. The molecule has 0 aromatic heterocycles. The molecule has 0 saturated carbocycles. The monoisotopic (exact) mass is 212 g/mol. The number of halogens is 1. The van der Waals surface area contributed by atoms with Crippen molar-refractivity contribution >= 4 is 0 Å². The largest absolute Gasteiger partial charge is 1.00 e. The molecule has 1 saturated heterocycles. The lowest BCUT2D eigenvalue weighted by atomic mass is 10.1. The fourth-order valence-corrected chi connectivity index (χ4v) is 1.90. The number of hydrogen-bond donors (Lipinski definition) is 2. The molecule has 2 N–H and O–H groups in total. The molecule has 0 spiro atoms. The topological polar surface area (TPSA) is 16.5 Å². The lowest BCUT2D eigenvalue weighted by Crippen LogP contribution is -3.12. The molecule has 1 aliphatic rings. The standard InChI is InChI=1S/C11H16N2.ClH/c1-13-8-7-12-11(9-13)10-5-3-2-4-6-10;/h2-6,11-12H,7-9H2,1H3;1H. The summed E-state index contributed by atoms with van der Waals surface area (Å²) in [6, 6.07) is 11.3. The van der Waals surface area contributed by atoms with Crippen LogP contribution < -0.4 is 22.6 Å². The Morgan fingerprint density at radius 1 is 1.29 bits per heavy atom. The van der Waals surface area contributed by atoms with E-state index in [1.807, 2.05) is 0 Å². The maximum absolute atomic E-state index is 3.54. The van der Waals surface area contributed by atoms with Gasteiger partial charge >= 0.3 is 0 Å². The van der Waals surface area contributed by atoms with Gasteiger partial charge in [0.15, 0.2) is 0 Å². The van der Waals surface area contributed by atoms with Crippen LogP contribution >= 0.6 is 0 Å². The lowest BCUT2D eigenvalue weighted by molar-refractivity contribution is -0.885. The number of piperazine rings is 1. The van der Waals surface area contributed by atoms with E-state index in [2.05, 4.69) is 42.7 Å². The molecule has 1 aromatic carbocycles. The van der Waals surface area contributed by atoms with Gasteiger partial charge in [0.05, 0.1) is 26.2 Å². The molecule has 0 bridgehead atoms. The average molecular weight is 213 g/mol. The summed E-state index contributed by atoms with van der Waals surface area (Å²) in [5.41, 5.74) is 1.42. The van der Waals surface area contributed by atoms with Gasteiger partial charge < -0.3 is 17.3 Å². The van der Waals surface area contributed by atoms with Crippen molar-refractivity contribution in [3.63, 3.8) is 0 Å². The highest BCUT2D eigenvalue weighted by atomic mass is 35.5. The minimum atomic E-state index is 0.